The van der Waals surface area contributed by atoms with Crippen molar-refractivity contribution in [3.63, 3.8) is 0 Å². The first-order valence-corrected chi connectivity index (χ1v) is 7.17. The Morgan fingerprint density at radius 2 is 2.22 bits per heavy atom. The first kappa shape index (κ1) is 12.1. The van der Waals surface area contributed by atoms with Crippen molar-refractivity contribution < 1.29 is 0 Å². The Bertz CT molecular complexity index is 414. The highest BCUT2D eigenvalue weighted by atomic mass is 15.3. The van der Waals surface area contributed by atoms with Crippen molar-refractivity contribution >= 4 is 0 Å². The van der Waals surface area contributed by atoms with Crippen molar-refractivity contribution in [2.75, 3.05) is 0 Å². The smallest absolute Gasteiger partial charge is 0.149 e. The lowest BCUT2D eigenvalue weighted by Gasteiger charge is -2.29. The van der Waals surface area contributed by atoms with E-state index in [1.165, 1.54) is 25.7 Å². The van der Waals surface area contributed by atoms with Crippen LogP contribution in [0.2, 0.25) is 0 Å². The Kier molecular flexibility index (Phi) is 3.35. The number of rotatable bonds is 3. The lowest BCUT2D eigenvalue weighted by Crippen LogP contribution is -2.41. The first-order chi connectivity index (χ1) is 8.74. The van der Waals surface area contributed by atoms with Gasteiger partial charge in [-0.05, 0) is 32.6 Å². The molecule has 3 N–H and O–H groups in total. The Hall–Kier alpha value is -0.940. The maximum Gasteiger partial charge on any atom is 0.149 e. The number of nitrogens with two attached hydrogens (primary N) is 1. The third kappa shape index (κ3) is 2.29. The summed E-state index contributed by atoms with van der Waals surface area (Å²) in [6.07, 6.45) is 7.02. The van der Waals surface area contributed by atoms with Crippen molar-refractivity contribution in [3.8, 4) is 0 Å². The minimum atomic E-state index is 0.277. The average Bonchev–Trinajstić information content (AvgIpc) is 2.89. The summed E-state index contributed by atoms with van der Waals surface area (Å²) in [5, 5.41) is 12.3. The van der Waals surface area contributed by atoms with Crippen LogP contribution in [0, 0.1) is 0 Å². The number of hydrogen-bond donors (Lipinski definition) is 2. The van der Waals surface area contributed by atoms with Gasteiger partial charge < -0.3 is 15.6 Å². The van der Waals surface area contributed by atoms with Crippen molar-refractivity contribution in [1.29, 1.82) is 0 Å². The van der Waals surface area contributed by atoms with E-state index in [1.807, 2.05) is 0 Å². The van der Waals surface area contributed by atoms with Gasteiger partial charge in [0.15, 0.2) is 0 Å². The molecule has 3 rings (SSSR count). The van der Waals surface area contributed by atoms with E-state index in [4.69, 9.17) is 5.73 Å². The molecule has 0 radical (unpaired) electrons. The fraction of sp³-hybridized carbons (Fsp3) is 0.846. The molecule has 1 aliphatic heterocycles. The van der Waals surface area contributed by atoms with Gasteiger partial charge in [0.25, 0.3) is 0 Å². The maximum atomic E-state index is 6.04. The summed E-state index contributed by atoms with van der Waals surface area (Å²) in [6.45, 7) is 3.27. The van der Waals surface area contributed by atoms with Crippen LogP contribution in [0.3, 0.4) is 0 Å². The molecule has 0 amide bonds. The molecule has 5 heteroatoms. The van der Waals surface area contributed by atoms with Crippen molar-refractivity contribution in [2.24, 2.45) is 5.73 Å². The topological polar surface area (TPSA) is 68.8 Å². The molecule has 5 nitrogen and oxygen atoms in total. The van der Waals surface area contributed by atoms with Gasteiger partial charge in [0, 0.05) is 25.0 Å². The molecule has 1 fully saturated rings. The van der Waals surface area contributed by atoms with Crippen LogP contribution in [0.15, 0.2) is 0 Å². The molecule has 0 saturated heterocycles. The van der Waals surface area contributed by atoms with Crippen LogP contribution in [-0.4, -0.2) is 26.8 Å². The van der Waals surface area contributed by atoms with Gasteiger partial charge in [-0.2, -0.15) is 0 Å². The van der Waals surface area contributed by atoms with E-state index in [9.17, 15) is 0 Å². The van der Waals surface area contributed by atoms with E-state index >= 15 is 0 Å². The van der Waals surface area contributed by atoms with E-state index < -0.39 is 0 Å². The molecule has 2 aliphatic rings. The number of aromatic nitrogens is 3. The Labute approximate surface area is 108 Å². The molecule has 0 spiro atoms. The van der Waals surface area contributed by atoms with Gasteiger partial charge >= 0.3 is 0 Å². The summed E-state index contributed by atoms with van der Waals surface area (Å²) in [7, 11) is 0. The SMILES string of the molecule is CC(NC1CCCC(N)C1)c1nnc2n1CCC2. The highest BCUT2D eigenvalue weighted by Crippen LogP contribution is 2.22. The van der Waals surface area contributed by atoms with Gasteiger partial charge in [0.2, 0.25) is 0 Å². The van der Waals surface area contributed by atoms with Crippen molar-refractivity contribution in [3.05, 3.63) is 11.6 Å². The van der Waals surface area contributed by atoms with Gasteiger partial charge in [-0.1, -0.05) is 6.42 Å². The molecule has 3 atom stereocenters. The highest BCUT2D eigenvalue weighted by Gasteiger charge is 2.25. The zero-order valence-electron chi connectivity index (χ0n) is 11.1. The Morgan fingerprint density at radius 1 is 1.33 bits per heavy atom. The first-order valence-electron chi connectivity index (χ1n) is 7.17. The second kappa shape index (κ2) is 4.97. The number of hydrogen-bond acceptors (Lipinski definition) is 4. The molecule has 1 aliphatic carbocycles. The molecule has 1 aromatic heterocycles. The normalized spacial score (nSPS) is 29.2. The van der Waals surface area contributed by atoms with Gasteiger partial charge in [-0.25, -0.2) is 0 Å². The molecule has 1 aromatic rings. The summed E-state index contributed by atoms with van der Waals surface area (Å²) >= 11 is 0. The molecule has 18 heavy (non-hydrogen) atoms. The lowest BCUT2D eigenvalue weighted by molar-refractivity contribution is 0.312. The zero-order valence-corrected chi connectivity index (χ0v) is 11.1. The minimum absolute atomic E-state index is 0.277. The highest BCUT2D eigenvalue weighted by molar-refractivity contribution is 5.04. The summed E-state index contributed by atoms with van der Waals surface area (Å²) in [5.74, 6) is 2.25. The van der Waals surface area contributed by atoms with Crippen molar-refractivity contribution in [2.45, 2.75) is 70.1 Å². The fourth-order valence-electron chi connectivity index (χ4n) is 3.30. The molecular formula is C13H23N5. The van der Waals surface area contributed by atoms with Gasteiger partial charge in [0.05, 0.1) is 6.04 Å². The van der Waals surface area contributed by atoms with E-state index in [-0.39, 0.29) is 6.04 Å². The monoisotopic (exact) mass is 249 g/mol. The predicted octanol–water partition coefficient (Wildman–Crippen LogP) is 1.14. The molecular weight excluding hydrogens is 226 g/mol. The third-order valence-electron chi connectivity index (χ3n) is 4.23. The van der Waals surface area contributed by atoms with E-state index in [0.29, 0.717) is 12.1 Å². The summed E-state index contributed by atoms with van der Waals surface area (Å²) in [5.41, 5.74) is 6.04. The molecule has 100 valence electrons. The van der Waals surface area contributed by atoms with Crippen molar-refractivity contribution in [1.82, 2.24) is 20.1 Å². The number of nitrogens with one attached hydrogen (secondary N) is 1. The van der Waals surface area contributed by atoms with Gasteiger partial charge in [-0.15, -0.1) is 10.2 Å². The Balaban J connectivity index is 1.65. The zero-order chi connectivity index (χ0) is 12.5. The molecule has 1 saturated carbocycles. The lowest BCUT2D eigenvalue weighted by atomic mass is 9.91. The van der Waals surface area contributed by atoms with Crippen LogP contribution < -0.4 is 11.1 Å². The summed E-state index contributed by atoms with van der Waals surface area (Å²) < 4.78 is 2.28. The van der Waals surface area contributed by atoms with Crippen LogP contribution in [0.4, 0.5) is 0 Å². The van der Waals surface area contributed by atoms with Gasteiger partial charge in [-0.3, -0.25) is 0 Å². The molecule has 2 heterocycles. The second-order valence-corrected chi connectivity index (χ2v) is 5.74. The standard InChI is InChI=1S/C13H23N5/c1-9(15-11-5-2-4-10(14)8-11)13-17-16-12-6-3-7-18(12)13/h9-11,15H,2-8,14H2,1H3. The number of nitrogens with zero attached hydrogens (tertiary/aromatic N) is 3. The molecule has 3 unspecified atom stereocenters. The average molecular weight is 249 g/mol. The predicted molar refractivity (Wildman–Crippen MR) is 70.1 cm³/mol. The van der Waals surface area contributed by atoms with Crippen LogP contribution in [0.5, 0.6) is 0 Å². The van der Waals surface area contributed by atoms with Crippen LogP contribution in [0.25, 0.3) is 0 Å². The van der Waals surface area contributed by atoms with E-state index in [1.54, 1.807) is 0 Å². The van der Waals surface area contributed by atoms with Crippen LogP contribution >= 0.6 is 0 Å². The maximum absolute atomic E-state index is 6.04. The fourth-order valence-corrected chi connectivity index (χ4v) is 3.30. The number of aryl methyl sites for hydroxylation is 1. The second-order valence-electron chi connectivity index (χ2n) is 5.74. The molecule has 0 bridgehead atoms. The largest absolute Gasteiger partial charge is 0.328 e. The van der Waals surface area contributed by atoms with E-state index in [2.05, 4.69) is 27.0 Å². The van der Waals surface area contributed by atoms with Crippen LogP contribution in [0.1, 0.15) is 56.7 Å². The summed E-state index contributed by atoms with van der Waals surface area (Å²) in [4.78, 5) is 0. The summed E-state index contributed by atoms with van der Waals surface area (Å²) in [6, 6.07) is 1.19. The quantitative estimate of drug-likeness (QED) is 0.843. The number of fused-ring (bicyclic) bond motifs is 1. The van der Waals surface area contributed by atoms with Gasteiger partial charge in [0.1, 0.15) is 11.6 Å². The minimum Gasteiger partial charge on any atom is -0.328 e. The van der Waals surface area contributed by atoms with E-state index in [0.717, 1.165) is 31.0 Å². The van der Waals surface area contributed by atoms with Crippen LogP contribution in [-0.2, 0) is 13.0 Å². The molecule has 0 aromatic carbocycles. The third-order valence-corrected chi connectivity index (χ3v) is 4.23. The Morgan fingerprint density at radius 3 is 3.06 bits per heavy atom.